The van der Waals surface area contributed by atoms with E-state index in [0.29, 0.717) is 32.8 Å². The molecule has 1 N–H and O–H groups in total. The molecule has 96 valence electrons. The van der Waals surface area contributed by atoms with Crippen molar-refractivity contribution in [3.8, 4) is 6.08 Å². The fourth-order valence-corrected chi connectivity index (χ4v) is 0.987. The fraction of sp³-hybridized carbons (Fsp3) is 0.600. The number of rotatable bonds is 9. The number of aromatic carboxylic acids is 1. The maximum absolute atomic E-state index is 10.5. The summed E-state index contributed by atoms with van der Waals surface area (Å²) < 4.78 is 19.9. The molecule has 0 bridgehead atoms. The van der Waals surface area contributed by atoms with Crippen LogP contribution < -0.4 is 4.74 Å². The number of nitrogens with zero attached hydrogens (tertiary/aromatic N) is 1. The highest BCUT2D eigenvalue weighted by Crippen LogP contribution is 2.09. The number of carbonyl (C=O) groups is 1. The largest absolute Gasteiger partial charge is 0.476 e. The normalized spacial score (nSPS) is 10.4. The molecule has 1 aromatic heterocycles. The van der Waals surface area contributed by atoms with E-state index in [9.17, 15) is 4.79 Å². The number of hydrogen-bond donors (Lipinski definition) is 1. The molecule has 0 aliphatic carbocycles. The average molecular weight is 245 g/mol. The van der Waals surface area contributed by atoms with Crippen molar-refractivity contribution in [3.63, 3.8) is 0 Å². The molecular formula is C10H15NO6. The van der Waals surface area contributed by atoms with E-state index in [2.05, 4.69) is 4.98 Å². The molecule has 1 rings (SSSR count). The van der Waals surface area contributed by atoms with E-state index in [0.717, 1.165) is 6.26 Å². The van der Waals surface area contributed by atoms with Gasteiger partial charge in [0, 0.05) is 20.1 Å². The van der Waals surface area contributed by atoms with E-state index in [1.165, 1.54) is 0 Å². The molecule has 0 radical (unpaired) electrons. The molecule has 0 aliphatic rings. The van der Waals surface area contributed by atoms with Gasteiger partial charge in [-0.15, -0.1) is 0 Å². The van der Waals surface area contributed by atoms with Crippen molar-refractivity contribution in [1.82, 2.24) is 4.98 Å². The predicted molar refractivity (Wildman–Crippen MR) is 56.3 cm³/mol. The zero-order valence-corrected chi connectivity index (χ0v) is 9.55. The number of methoxy groups -OCH3 is 1. The minimum Gasteiger partial charge on any atom is -0.476 e. The molecule has 0 saturated heterocycles. The van der Waals surface area contributed by atoms with Crippen molar-refractivity contribution in [1.29, 1.82) is 0 Å². The molecule has 17 heavy (non-hydrogen) atoms. The Labute approximate surface area is 98.3 Å². The fourth-order valence-electron chi connectivity index (χ4n) is 0.987. The minimum atomic E-state index is -1.15. The molecule has 1 aromatic rings. The van der Waals surface area contributed by atoms with Gasteiger partial charge in [-0.05, 0) is 0 Å². The number of carboxylic acid groups (broad SMARTS) is 1. The van der Waals surface area contributed by atoms with Crippen LogP contribution in [-0.4, -0.2) is 49.6 Å². The van der Waals surface area contributed by atoms with E-state index >= 15 is 0 Å². The van der Waals surface area contributed by atoms with Crippen molar-refractivity contribution in [2.45, 2.75) is 6.42 Å². The Morgan fingerprint density at radius 2 is 2.24 bits per heavy atom. The topological polar surface area (TPSA) is 91.0 Å². The van der Waals surface area contributed by atoms with E-state index in [1.807, 2.05) is 0 Å². The third-order valence-corrected chi connectivity index (χ3v) is 1.79. The van der Waals surface area contributed by atoms with Gasteiger partial charge in [-0.3, -0.25) is 0 Å². The highest BCUT2D eigenvalue weighted by atomic mass is 16.6. The van der Waals surface area contributed by atoms with Crippen LogP contribution in [0.5, 0.6) is 6.08 Å². The Morgan fingerprint density at radius 3 is 2.88 bits per heavy atom. The number of carboxylic acids is 1. The summed E-state index contributed by atoms with van der Waals surface area (Å²) in [5, 5.41) is 8.58. The summed E-state index contributed by atoms with van der Waals surface area (Å²) in [7, 11) is 1.61. The first-order valence-electron chi connectivity index (χ1n) is 5.12. The van der Waals surface area contributed by atoms with Gasteiger partial charge < -0.3 is 23.7 Å². The Bertz CT molecular complexity index is 337. The lowest BCUT2D eigenvalue weighted by Gasteiger charge is -2.03. The predicted octanol–water partition coefficient (Wildman–Crippen LogP) is 0.805. The van der Waals surface area contributed by atoms with Gasteiger partial charge in [-0.2, -0.15) is 4.98 Å². The Hall–Kier alpha value is -1.60. The zero-order chi connectivity index (χ0) is 12.5. The molecule has 0 amide bonds. The summed E-state index contributed by atoms with van der Waals surface area (Å²) >= 11 is 0. The van der Waals surface area contributed by atoms with Gasteiger partial charge in [0.15, 0.2) is 5.69 Å². The van der Waals surface area contributed by atoms with Crippen LogP contribution in [0.25, 0.3) is 0 Å². The second-order valence-corrected chi connectivity index (χ2v) is 3.11. The first-order valence-corrected chi connectivity index (χ1v) is 5.12. The van der Waals surface area contributed by atoms with Crippen molar-refractivity contribution in [2.24, 2.45) is 0 Å². The van der Waals surface area contributed by atoms with Gasteiger partial charge >= 0.3 is 12.0 Å². The standard InChI is InChI=1S/C10H15NO6/c1-14-5-6-15-3-2-4-16-10-11-8(7-17-10)9(12)13/h7H,2-6H2,1H3,(H,12,13). The first-order chi connectivity index (χ1) is 8.24. The molecule has 0 saturated carbocycles. The first kappa shape index (κ1) is 13.5. The lowest BCUT2D eigenvalue weighted by atomic mass is 10.5. The van der Waals surface area contributed by atoms with Gasteiger partial charge in [0.05, 0.1) is 19.8 Å². The van der Waals surface area contributed by atoms with Gasteiger partial charge in [0.2, 0.25) is 0 Å². The summed E-state index contributed by atoms with van der Waals surface area (Å²) in [6, 6.07) is 0. The van der Waals surface area contributed by atoms with Gasteiger partial charge in [-0.1, -0.05) is 0 Å². The van der Waals surface area contributed by atoms with Crippen LogP contribution in [-0.2, 0) is 9.47 Å². The Kier molecular flexibility index (Phi) is 6.05. The molecule has 1 heterocycles. The minimum absolute atomic E-state index is 0.0423. The van der Waals surface area contributed by atoms with Crippen LogP contribution in [0.15, 0.2) is 10.7 Å². The van der Waals surface area contributed by atoms with Crippen molar-refractivity contribution in [3.05, 3.63) is 12.0 Å². The van der Waals surface area contributed by atoms with Gasteiger partial charge in [0.25, 0.3) is 0 Å². The van der Waals surface area contributed by atoms with E-state index in [1.54, 1.807) is 7.11 Å². The Morgan fingerprint density at radius 1 is 1.41 bits per heavy atom. The maximum atomic E-state index is 10.5. The highest BCUT2D eigenvalue weighted by molar-refractivity contribution is 5.84. The molecular weight excluding hydrogens is 230 g/mol. The van der Waals surface area contributed by atoms with Crippen LogP contribution in [0, 0.1) is 0 Å². The van der Waals surface area contributed by atoms with Crippen molar-refractivity contribution in [2.75, 3.05) is 33.5 Å². The summed E-state index contributed by atoms with van der Waals surface area (Å²) in [5.74, 6) is -1.15. The third-order valence-electron chi connectivity index (χ3n) is 1.79. The molecule has 0 unspecified atom stereocenters. The lowest BCUT2D eigenvalue weighted by molar-refractivity contribution is 0.0625. The number of ether oxygens (including phenoxy) is 3. The van der Waals surface area contributed by atoms with E-state index in [-0.39, 0.29) is 11.8 Å². The lowest BCUT2D eigenvalue weighted by Crippen LogP contribution is -2.07. The van der Waals surface area contributed by atoms with Crippen LogP contribution in [0.4, 0.5) is 0 Å². The number of hydrogen-bond acceptors (Lipinski definition) is 6. The average Bonchev–Trinajstić information content (AvgIpc) is 2.77. The van der Waals surface area contributed by atoms with Gasteiger partial charge in [0.1, 0.15) is 6.26 Å². The summed E-state index contributed by atoms with van der Waals surface area (Å²) in [4.78, 5) is 14.1. The zero-order valence-electron chi connectivity index (χ0n) is 9.55. The SMILES string of the molecule is COCCOCCCOc1nc(C(=O)O)co1. The summed E-state index contributed by atoms with van der Waals surface area (Å²) in [6.07, 6.45) is 1.65. The molecule has 0 aromatic carbocycles. The molecule has 0 fully saturated rings. The summed E-state index contributed by atoms with van der Waals surface area (Å²) in [5.41, 5.74) is -0.170. The van der Waals surface area contributed by atoms with Crippen LogP contribution >= 0.6 is 0 Å². The Balaban J connectivity index is 2.07. The number of aromatic nitrogens is 1. The van der Waals surface area contributed by atoms with Crippen molar-refractivity contribution < 1.29 is 28.5 Å². The quantitative estimate of drug-likeness (QED) is 0.643. The van der Waals surface area contributed by atoms with Crippen LogP contribution in [0.3, 0.4) is 0 Å². The summed E-state index contributed by atoms with van der Waals surface area (Å²) in [6.45, 7) is 1.99. The molecule has 0 atom stereocenters. The molecule has 7 nitrogen and oxygen atoms in total. The van der Waals surface area contributed by atoms with Crippen LogP contribution in [0.2, 0.25) is 0 Å². The molecule has 0 spiro atoms. The smallest absolute Gasteiger partial charge is 0.394 e. The monoisotopic (exact) mass is 245 g/mol. The van der Waals surface area contributed by atoms with Gasteiger partial charge in [-0.25, -0.2) is 4.79 Å². The van der Waals surface area contributed by atoms with E-state index < -0.39 is 5.97 Å². The van der Waals surface area contributed by atoms with Crippen LogP contribution in [0.1, 0.15) is 16.9 Å². The van der Waals surface area contributed by atoms with Crippen molar-refractivity contribution >= 4 is 5.97 Å². The second kappa shape index (κ2) is 7.64. The maximum Gasteiger partial charge on any atom is 0.394 e. The third kappa shape index (κ3) is 5.32. The molecule has 0 aliphatic heterocycles. The number of oxazole rings is 1. The highest BCUT2D eigenvalue weighted by Gasteiger charge is 2.10. The second-order valence-electron chi connectivity index (χ2n) is 3.11. The molecule has 7 heteroatoms. The van der Waals surface area contributed by atoms with E-state index in [4.69, 9.17) is 23.7 Å².